The summed E-state index contributed by atoms with van der Waals surface area (Å²) in [5.41, 5.74) is 0. The van der Waals surface area contributed by atoms with Gasteiger partial charge in [-0.15, -0.1) is 0 Å². The van der Waals surface area contributed by atoms with Crippen molar-refractivity contribution >= 4 is 5.91 Å². The highest BCUT2D eigenvalue weighted by molar-refractivity contribution is 5.82. The number of nitrogens with one attached hydrogen (secondary N) is 1. The van der Waals surface area contributed by atoms with E-state index < -0.39 is 6.10 Å². The van der Waals surface area contributed by atoms with Gasteiger partial charge in [0.25, 0.3) is 0 Å². The number of hydrogen-bond acceptors (Lipinski definition) is 3. The van der Waals surface area contributed by atoms with E-state index in [0.29, 0.717) is 0 Å². The Morgan fingerprint density at radius 2 is 2.19 bits per heavy atom. The molecule has 1 amide bonds. The minimum atomic E-state index is -0.411. The number of likely N-dealkylation sites (tertiary alicyclic amines) is 1. The van der Waals surface area contributed by atoms with Crippen LogP contribution in [0.4, 0.5) is 0 Å². The number of aliphatic hydroxyl groups is 1. The summed E-state index contributed by atoms with van der Waals surface area (Å²) in [4.78, 5) is 14.2. The van der Waals surface area contributed by atoms with Crippen LogP contribution in [0.5, 0.6) is 0 Å². The number of carbonyl (C=O) groups excluding carboxylic acids is 1. The Morgan fingerprint density at radius 1 is 1.38 bits per heavy atom. The van der Waals surface area contributed by atoms with E-state index in [4.69, 9.17) is 0 Å². The molecule has 2 heterocycles. The summed E-state index contributed by atoms with van der Waals surface area (Å²) < 4.78 is 0. The molecule has 0 aromatic carbocycles. The quantitative estimate of drug-likeness (QED) is 0.721. The first kappa shape index (κ1) is 11.9. The number of aliphatic hydroxyl groups excluding tert-OH is 1. The monoisotopic (exact) mass is 226 g/mol. The second-order valence-corrected chi connectivity index (χ2v) is 4.98. The molecule has 2 N–H and O–H groups in total. The topological polar surface area (TPSA) is 52.6 Å². The van der Waals surface area contributed by atoms with Crippen LogP contribution in [0.15, 0.2) is 0 Å². The smallest absolute Gasteiger partial charge is 0.240 e. The van der Waals surface area contributed by atoms with E-state index >= 15 is 0 Å². The maximum Gasteiger partial charge on any atom is 0.240 e. The van der Waals surface area contributed by atoms with Gasteiger partial charge in [0.05, 0.1) is 18.2 Å². The van der Waals surface area contributed by atoms with E-state index in [0.717, 1.165) is 45.2 Å². The van der Waals surface area contributed by atoms with Crippen molar-refractivity contribution in [2.45, 2.75) is 57.2 Å². The fourth-order valence-electron chi connectivity index (χ4n) is 2.83. The van der Waals surface area contributed by atoms with Crippen molar-refractivity contribution in [2.75, 3.05) is 13.1 Å². The molecule has 0 aromatic rings. The van der Waals surface area contributed by atoms with Gasteiger partial charge < -0.3 is 15.3 Å². The first-order valence-electron chi connectivity index (χ1n) is 6.42. The van der Waals surface area contributed by atoms with Crippen LogP contribution in [0.25, 0.3) is 0 Å². The van der Waals surface area contributed by atoms with E-state index in [-0.39, 0.29) is 18.0 Å². The number of amides is 1. The summed E-state index contributed by atoms with van der Waals surface area (Å²) in [6, 6.07) is 0.0306. The normalized spacial score (nSPS) is 32.8. The predicted molar refractivity (Wildman–Crippen MR) is 62.1 cm³/mol. The van der Waals surface area contributed by atoms with Crippen molar-refractivity contribution in [3.8, 4) is 0 Å². The number of carbonyl (C=O) groups is 1. The largest absolute Gasteiger partial charge is 0.391 e. The Bertz CT molecular complexity index is 249. The Balaban J connectivity index is 2.01. The van der Waals surface area contributed by atoms with Crippen LogP contribution < -0.4 is 5.32 Å². The molecule has 0 spiro atoms. The van der Waals surface area contributed by atoms with Crippen LogP contribution >= 0.6 is 0 Å². The van der Waals surface area contributed by atoms with Gasteiger partial charge in [0.1, 0.15) is 0 Å². The first-order chi connectivity index (χ1) is 7.70. The molecular formula is C12H22N2O2. The van der Waals surface area contributed by atoms with Crippen LogP contribution in [0, 0.1) is 0 Å². The summed E-state index contributed by atoms with van der Waals surface area (Å²) in [7, 11) is 0. The van der Waals surface area contributed by atoms with E-state index in [2.05, 4.69) is 5.32 Å². The molecule has 92 valence electrons. The average Bonchev–Trinajstić information content (AvgIpc) is 2.81. The molecule has 0 saturated carbocycles. The molecule has 3 atom stereocenters. The molecule has 2 aliphatic heterocycles. The molecule has 2 rings (SSSR count). The zero-order chi connectivity index (χ0) is 11.5. The molecular weight excluding hydrogens is 204 g/mol. The van der Waals surface area contributed by atoms with Gasteiger partial charge in [-0.05, 0) is 45.6 Å². The standard InChI is InChI=1S/C12H22N2O2/c1-9(15)11-6-2-3-8-14(11)12(16)10-5-4-7-13-10/h9-11,13,15H,2-8H2,1H3/t9-,10+,11-/m0/s1. The van der Waals surface area contributed by atoms with Crippen molar-refractivity contribution in [3.05, 3.63) is 0 Å². The molecule has 16 heavy (non-hydrogen) atoms. The molecule has 0 radical (unpaired) electrons. The minimum Gasteiger partial charge on any atom is -0.391 e. The summed E-state index contributed by atoms with van der Waals surface area (Å²) >= 11 is 0. The Kier molecular flexibility index (Phi) is 3.82. The predicted octanol–water partition coefficient (Wildman–Crippen LogP) is 0.500. The summed E-state index contributed by atoms with van der Waals surface area (Å²) in [5.74, 6) is 0.197. The van der Waals surface area contributed by atoms with Gasteiger partial charge in [-0.25, -0.2) is 0 Å². The molecule has 4 heteroatoms. The molecule has 0 bridgehead atoms. The summed E-state index contributed by atoms with van der Waals surface area (Å²) in [5, 5.41) is 13.0. The Hall–Kier alpha value is -0.610. The van der Waals surface area contributed by atoms with Crippen LogP contribution in [0.3, 0.4) is 0 Å². The lowest BCUT2D eigenvalue weighted by atomic mass is 9.97. The summed E-state index contributed by atoms with van der Waals surface area (Å²) in [6.45, 7) is 3.55. The SMILES string of the molecule is C[C@H](O)[C@@H]1CCCCN1C(=O)[C@H]1CCCN1. The number of rotatable bonds is 2. The van der Waals surface area contributed by atoms with Gasteiger partial charge in [-0.1, -0.05) is 0 Å². The highest BCUT2D eigenvalue weighted by atomic mass is 16.3. The van der Waals surface area contributed by atoms with E-state index in [9.17, 15) is 9.90 Å². The number of piperidine rings is 1. The Morgan fingerprint density at radius 3 is 2.81 bits per heavy atom. The molecule has 0 unspecified atom stereocenters. The maximum atomic E-state index is 12.3. The van der Waals surface area contributed by atoms with Gasteiger partial charge >= 0.3 is 0 Å². The zero-order valence-corrected chi connectivity index (χ0v) is 9.98. The lowest BCUT2D eigenvalue weighted by Gasteiger charge is -2.38. The molecule has 4 nitrogen and oxygen atoms in total. The fourth-order valence-corrected chi connectivity index (χ4v) is 2.83. The molecule has 2 aliphatic rings. The van der Waals surface area contributed by atoms with Crippen molar-refractivity contribution in [1.29, 1.82) is 0 Å². The fraction of sp³-hybridized carbons (Fsp3) is 0.917. The highest BCUT2D eigenvalue weighted by Crippen LogP contribution is 2.22. The Labute approximate surface area is 97.0 Å². The molecule has 2 saturated heterocycles. The second-order valence-electron chi connectivity index (χ2n) is 4.98. The van der Waals surface area contributed by atoms with Crippen molar-refractivity contribution in [3.63, 3.8) is 0 Å². The van der Waals surface area contributed by atoms with Gasteiger partial charge in [0, 0.05) is 6.54 Å². The third kappa shape index (κ3) is 2.38. The molecule has 2 fully saturated rings. The number of hydrogen-bond donors (Lipinski definition) is 2. The van der Waals surface area contributed by atoms with Crippen LogP contribution in [0.2, 0.25) is 0 Å². The lowest BCUT2D eigenvalue weighted by molar-refractivity contribution is -0.139. The van der Waals surface area contributed by atoms with E-state index in [1.54, 1.807) is 6.92 Å². The minimum absolute atomic E-state index is 0.000602. The second kappa shape index (κ2) is 5.15. The van der Waals surface area contributed by atoms with Crippen molar-refractivity contribution in [1.82, 2.24) is 10.2 Å². The van der Waals surface area contributed by atoms with Crippen molar-refractivity contribution < 1.29 is 9.90 Å². The highest BCUT2D eigenvalue weighted by Gasteiger charge is 2.34. The zero-order valence-electron chi connectivity index (χ0n) is 9.98. The van der Waals surface area contributed by atoms with Gasteiger partial charge in [-0.3, -0.25) is 4.79 Å². The maximum absolute atomic E-state index is 12.3. The molecule has 0 aromatic heterocycles. The van der Waals surface area contributed by atoms with Crippen LogP contribution in [-0.2, 0) is 4.79 Å². The summed E-state index contributed by atoms with van der Waals surface area (Å²) in [6.07, 6.45) is 4.76. The van der Waals surface area contributed by atoms with Crippen LogP contribution in [0.1, 0.15) is 39.0 Å². The first-order valence-corrected chi connectivity index (χ1v) is 6.42. The van der Waals surface area contributed by atoms with Crippen LogP contribution in [-0.4, -0.2) is 47.2 Å². The third-order valence-corrected chi connectivity index (χ3v) is 3.75. The number of nitrogens with zero attached hydrogens (tertiary/aromatic N) is 1. The van der Waals surface area contributed by atoms with E-state index in [1.165, 1.54) is 0 Å². The van der Waals surface area contributed by atoms with Gasteiger partial charge in [0.15, 0.2) is 0 Å². The van der Waals surface area contributed by atoms with Crippen molar-refractivity contribution in [2.24, 2.45) is 0 Å². The average molecular weight is 226 g/mol. The molecule has 0 aliphatic carbocycles. The van der Waals surface area contributed by atoms with E-state index in [1.807, 2.05) is 4.90 Å². The van der Waals surface area contributed by atoms with Gasteiger partial charge in [-0.2, -0.15) is 0 Å². The van der Waals surface area contributed by atoms with Gasteiger partial charge in [0.2, 0.25) is 5.91 Å². The lowest BCUT2D eigenvalue weighted by Crippen LogP contribution is -2.53. The third-order valence-electron chi connectivity index (χ3n) is 3.75.